The highest BCUT2D eigenvalue weighted by molar-refractivity contribution is 7.18. The molecule has 13 heavy (non-hydrogen) atoms. The van der Waals surface area contributed by atoms with Gasteiger partial charge in [-0.05, 0) is 20.3 Å². The van der Waals surface area contributed by atoms with Crippen molar-refractivity contribution < 1.29 is 18.7 Å². The minimum atomic E-state index is -0.836. The normalized spacial score (nSPS) is 13.1. The van der Waals surface area contributed by atoms with E-state index in [-0.39, 0.29) is 5.78 Å². The predicted octanol–water partition coefficient (Wildman–Crippen LogP) is 1.91. The first-order valence-corrected chi connectivity index (χ1v) is 4.51. The predicted molar refractivity (Wildman–Crippen MR) is 47.3 cm³/mol. The molecular formula is C8H11O4P. The fourth-order valence-electron chi connectivity index (χ4n) is 0.801. The fraction of sp³-hybridized carbons (Fsp3) is 0.500. The number of carbonyl (C=O) groups excluding carboxylic acids is 2. The summed E-state index contributed by atoms with van der Waals surface area (Å²) < 4.78 is 14.1. The minimum absolute atomic E-state index is 0.285. The fourth-order valence-corrected chi connectivity index (χ4v) is 1.00. The van der Waals surface area contributed by atoms with Gasteiger partial charge in [0.1, 0.15) is 11.7 Å². The molecule has 0 radical (unpaired) electrons. The third kappa shape index (κ3) is 4.53. The third-order valence-corrected chi connectivity index (χ3v) is 1.76. The van der Waals surface area contributed by atoms with Crippen molar-refractivity contribution in [3.8, 4) is 0 Å². The average molecular weight is 202 g/mol. The number of Topliss-reactive ketones (excluding diaryl/α,β-unsaturated/α-hetero) is 1. The summed E-state index contributed by atoms with van der Waals surface area (Å²) in [6.45, 7) is 3.09. The van der Waals surface area contributed by atoms with Crippen molar-refractivity contribution in [2.24, 2.45) is 5.92 Å². The lowest BCUT2D eigenvalue weighted by Gasteiger charge is -2.06. The molecule has 0 aliphatic heterocycles. The van der Waals surface area contributed by atoms with E-state index >= 15 is 0 Å². The van der Waals surface area contributed by atoms with Crippen molar-refractivity contribution in [1.29, 1.82) is 0 Å². The Hall–Kier alpha value is -1.02. The molecule has 0 saturated heterocycles. The first-order chi connectivity index (χ1) is 6.13. The molecule has 0 aromatic rings. The van der Waals surface area contributed by atoms with E-state index in [4.69, 9.17) is 0 Å². The quantitative estimate of drug-likeness (QED) is 0.388. The molecule has 5 heteroatoms. The Bertz CT molecular complexity index is 234. The van der Waals surface area contributed by atoms with Crippen LogP contribution in [0.2, 0.25) is 0 Å². The van der Waals surface area contributed by atoms with Gasteiger partial charge in [0.25, 0.3) is 0 Å². The lowest BCUT2D eigenvalue weighted by molar-refractivity contribution is -0.142. The highest BCUT2D eigenvalue weighted by Crippen LogP contribution is 2.11. The van der Waals surface area contributed by atoms with Gasteiger partial charge in [0, 0.05) is 0 Å². The van der Waals surface area contributed by atoms with Gasteiger partial charge in [-0.3, -0.25) is 9.59 Å². The van der Waals surface area contributed by atoms with Gasteiger partial charge in [-0.1, -0.05) is 12.2 Å². The molecule has 1 atom stereocenters. The van der Waals surface area contributed by atoms with Crippen LogP contribution in [-0.4, -0.2) is 11.8 Å². The SMILES string of the molecule is CC=CCC(C(C)=O)C(=O)OP=O. The summed E-state index contributed by atoms with van der Waals surface area (Å²) in [4.78, 5) is 21.9. The largest absolute Gasteiger partial charge is 0.398 e. The van der Waals surface area contributed by atoms with E-state index < -0.39 is 20.6 Å². The van der Waals surface area contributed by atoms with Crippen LogP contribution in [0.5, 0.6) is 0 Å². The first-order valence-electron chi connectivity index (χ1n) is 3.78. The van der Waals surface area contributed by atoms with Crippen molar-refractivity contribution in [2.75, 3.05) is 0 Å². The van der Waals surface area contributed by atoms with Gasteiger partial charge in [0.05, 0.1) is 0 Å². The molecule has 0 bridgehead atoms. The second-order valence-corrected chi connectivity index (χ2v) is 2.78. The van der Waals surface area contributed by atoms with Crippen molar-refractivity contribution in [3.63, 3.8) is 0 Å². The summed E-state index contributed by atoms with van der Waals surface area (Å²) in [6.07, 6.45) is 3.72. The van der Waals surface area contributed by atoms with Crippen molar-refractivity contribution in [2.45, 2.75) is 20.3 Å². The molecule has 72 valence electrons. The Kier molecular flexibility index (Phi) is 5.98. The lowest BCUT2D eigenvalue weighted by atomic mass is 10.0. The Morgan fingerprint density at radius 1 is 1.54 bits per heavy atom. The second kappa shape index (κ2) is 6.49. The van der Waals surface area contributed by atoms with Gasteiger partial charge in [-0.25, -0.2) is 4.57 Å². The van der Waals surface area contributed by atoms with Crippen LogP contribution >= 0.6 is 8.69 Å². The van der Waals surface area contributed by atoms with Gasteiger partial charge in [-0.15, -0.1) is 0 Å². The van der Waals surface area contributed by atoms with E-state index in [1.807, 2.05) is 0 Å². The number of ketones is 1. The highest BCUT2D eigenvalue weighted by atomic mass is 31.1. The zero-order valence-corrected chi connectivity index (χ0v) is 8.41. The molecule has 0 fully saturated rings. The molecule has 0 aliphatic rings. The van der Waals surface area contributed by atoms with Gasteiger partial charge in [0.2, 0.25) is 0 Å². The molecule has 4 nitrogen and oxygen atoms in total. The third-order valence-electron chi connectivity index (χ3n) is 1.51. The molecular weight excluding hydrogens is 191 g/mol. The van der Waals surface area contributed by atoms with Crippen LogP contribution in [-0.2, 0) is 18.7 Å². The van der Waals surface area contributed by atoms with Crippen molar-refractivity contribution in [1.82, 2.24) is 0 Å². The molecule has 0 N–H and O–H groups in total. The summed E-state index contributed by atoms with van der Waals surface area (Å²) in [5, 5.41) is 0. The summed E-state index contributed by atoms with van der Waals surface area (Å²) in [6, 6.07) is 0. The van der Waals surface area contributed by atoms with Crippen molar-refractivity contribution >= 4 is 20.4 Å². The van der Waals surface area contributed by atoms with E-state index in [2.05, 4.69) is 4.52 Å². The van der Waals surface area contributed by atoms with Gasteiger partial charge in [-0.2, -0.15) is 0 Å². The summed E-state index contributed by atoms with van der Waals surface area (Å²) in [5.74, 6) is -1.87. The van der Waals surface area contributed by atoms with E-state index in [1.165, 1.54) is 6.92 Å². The van der Waals surface area contributed by atoms with Crippen LogP contribution in [0, 0.1) is 5.92 Å². The standard InChI is InChI=1S/C8H11O4P/c1-3-4-5-7(6(2)9)8(10)12-13-11/h3-4,7H,5H2,1-2H3. The smallest absolute Gasteiger partial charge is 0.372 e. The summed E-state index contributed by atoms with van der Waals surface area (Å²) in [7, 11) is -0.717. The molecule has 0 saturated carbocycles. The Balaban J connectivity index is 4.31. The van der Waals surface area contributed by atoms with Crippen LogP contribution in [0.25, 0.3) is 0 Å². The number of rotatable bonds is 5. The van der Waals surface area contributed by atoms with E-state index in [0.29, 0.717) is 6.42 Å². The maximum absolute atomic E-state index is 11.0. The minimum Gasteiger partial charge on any atom is -0.372 e. The van der Waals surface area contributed by atoms with E-state index in [1.54, 1.807) is 19.1 Å². The van der Waals surface area contributed by atoms with E-state index in [0.717, 1.165) is 0 Å². The number of carbonyl (C=O) groups is 2. The monoisotopic (exact) mass is 202 g/mol. The zero-order valence-electron chi connectivity index (χ0n) is 7.52. The molecule has 0 aromatic carbocycles. The van der Waals surface area contributed by atoms with Crippen LogP contribution in [0.3, 0.4) is 0 Å². The van der Waals surface area contributed by atoms with Crippen LogP contribution in [0.4, 0.5) is 0 Å². The van der Waals surface area contributed by atoms with Crippen molar-refractivity contribution in [3.05, 3.63) is 12.2 Å². The maximum atomic E-state index is 11.0. The van der Waals surface area contributed by atoms with Gasteiger partial charge < -0.3 is 4.52 Å². The molecule has 0 heterocycles. The van der Waals surface area contributed by atoms with Gasteiger partial charge in [0.15, 0.2) is 0 Å². The highest BCUT2D eigenvalue weighted by Gasteiger charge is 2.23. The maximum Gasteiger partial charge on any atom is 0.398 e. The molecule has 0 aromatic heterocycles. The van der Waals surface area contributed by atoms with E-state index in [9.17, 15) is 14.2 Å². The molecule has 0 rings (SSSR count). The summed E-state index contributed by atoms with van der Waals surface area (Å²) >= 11 is 0. The number of allylic oxidation sites excluding steroid dienone is 2. The second-order valence-electron chi connectivity index (χ2n) is 2.45. The van der Waals surface area contributed by atoms with Gasteiger partial charge >= 0.3 is 14.7 Å². The molecule has 0 spiro atoms. The van der Waals surface area contributed by atoms with Crippen LogP contribution < -0.4 is 0 Å². The van der Waals surface area contributed by atoms with Crippen LogP contribution in [0.15, 0.2) is 12.2 Å². The summed E-state index contributed by atoms with van der Waals surface area (Å²) in [5.41, 5.74) is 0. The Labute approximate surface area is 78.2 Å². The topological polar surface area (TPSA) is 60.4 Å². The number of hydrogen-bond acceptors (Lipinski definition) is 4. The zero-order chi connectivity index (χ0) is 10.3. The lowest BCUT2D eigenvalue weighted by Crippen LogP contribution is -2.21. The Morgan fingerprint density at radius 3 is 2.54 bits per heavy atom. The Morgan fingerprint density at radius 2 is 2.15 bits per heavy atom. The van der Waals surface area contributed by atoms with Crippen LogP contribution in [0.1, 0.15) is 20.3 Å². The first kappa shape index (κ1) is 12.0. The average Bonchev–Trinajstić information content (AvgIpc) is 2.05. The molecule has 1 unspecified atom stereocenters. The molecule has 0 amide bonds. The molecule has 0 aliphatic carbocycles. The number of hydrogen-bond donors (Lipinski definition) is 0.